The molecule has 0 aromatic rings. The van der Waals surface area contributed by atoms with Gasteiger partial charge in [0.1, 0.15) is 0 Å². The highest BCUT2D eigenvalue weighted by Crippen LogP contribution is 2.07. The maximum absolute atomic E-state index is 11.2. The summed E-state index contributed by atoms with van der Waals surface area (Å²) in [4.78, 5) is 12.8. The molecule has 1 amide bonds. The second-order valence-corrected chi connectivity index (χ2v) is 4.58. The van der Waals surface area contributed by atoms with Crippen molar-refractivity contribution >= 4 is 5.91 Å². The second-order valence-electron chi connectivity index (χ2n) is 4.58. The van der Waals surface area contributed by atoms with Gasteiger partial charge in [-0.15, -0.1) is 0 Å². The zero-order valence-corrected chi connectivity index (χ0v) is 11.6. The van der Waals surface area contributed by atoms with Crippen LogP contribution in [0.5, 0.6) is 0 Å². The van der Waals surface area contributed by atoms with Gasteiger partial charge in [-0.05, 0) is 12.8 Å². The number of allylic oxidation sites excluding steroid dienone is 3. The standard InChI is InChI=1S/C15H27NO/c1-4-5-6-7-8-9-10-11-12-13-14-15(17)16(2)3/h11-14H,4-10H2,1-3H3. The van der Waals surface area contributed by atoms with Gasteiger partial charge in [-0.25, -0.2) is 0 Å². The summed E-state index contributed by atoms with van der Waals surface area (Å²) in [5, 5.41) is 0. The summed E-state index contributed by atoms with van der Waals surface area (Å²) in [5.41, 5.74) is 0. The van der Waals surface area contributed by atoms with Crippen molar-refractivity contribution in [3.05, 3.63) is 24.3 Å². The number of carbonyl (C=O) groups is 1. The summed E-state index contributed by atoms with van der Waals surface area (Å²) in [6.45, 7) is 2.24. The molecule has 0 aliphatic carbocycles. The Balaban J connectivity index is 3.39. The van der Waals surface area contributed by atoms with Crippen LogP contribution in [0.25, 0.3) is 0 Å². The lowest BCUT2D eigenvalue weighted by molar-refractivity contribution is -0.123. The highest BCUT2D eigenvalue weighted by Gasteiger charge is 1.94. The molecule has 0 rings (SSSR count). The van der Waals surface area contributed by atoms with Gasteiger partial charge in [0.05, 0.1) is 0 Å². The molecule has 0 aliphatic rings. The van der Waals surface area contributed by atoms with Crippen molar-refractivity contribution in [1.29, 1.82) is 0 Å². The van der Waals surface area contributed by atoms with Crippen molar-refractivity contribution in [3.63, 3.8) is 0 Å². The molecule has 2 nitrogen and oxygen atoms in total. The van der Waals surface area contributed by atoms with Gasteiger partial charge in [-0.2, -0.15) is 0 Å². The molecular weight excluding hydrogens is 210 g/mol. The normalized spacial score (nSPS) is 11.5. The zero-order chi connectivity index (χ0) is 12.9. The Morgan fingerprint density at radius 3 is 2.29 bits per heavy atom. The third-order valence-corrected chi connectivity index (χ3v) is 2.65. The molecule has 0 aromatic heterocycles. The Hall–Kier alpha value is -1.05. The maximum atomic E-state index is 11.2. The minimum Gasteiger partial charge on any atom is -0.345 e. The smallest absolute Gasteiger partial charge is 0.246 e. The Kier molecular flexibility index (Phi) is 10.7. The zero-order valence-electron chi connectivity index (χ0n) is 11.6. The number of unbranched alkanes of at least 4 members (excludes halogenated alkanes) is 6. The number of hydrogen-bond acceptors (Lipinski definition) is 1. The lowest BCUT2D eigenvalue weighted by Crippen LogP contribution is -2.18. The molecule has 2 heteroatoms. The van der Waals surface area contributed by atoms with Crippen molar-refractivity contribution < 1.29 is 4.79 Å². The average molecular weight is 237 g/mol. The predicted octanol–water partition coefficient (Wildman–Crippen LogP) is 3.94. The first-order valence-corrected chi connectivity index (χ1v) is 6.73. The summed E-state index contributed by atoms with van der Waals surface area (Å²) in [5.74, 6) is 0.0363. The Morgan fingerprint density at radius 2 is 1.65 bits per heavy atom. The van der Waals surface area contributed by atoms with Gasteiger partial charge in [-0.1, -0.05) is 57.3 Å². The number of nitrogens with zero attached hydrogens (tertiary/aromatic N) is 1. The lowest BCUT2D eigenvalue weighted by Gasteiger charge is -2.04. The molecule has 0 bridgehead atoms. The molecule has 0 spiro atoms. The van der Waals surface area contributed by atoms with Gasteiger partial charge in [0.25, 0.3) is 0 Å². The van der Waals surface area contributed by atoms with E-state index in [9.17, 15) is 4.79 Å². The molecule has 0 fully saturated rings. The van der Waals surface area contributed by atoms with Crippen LogP contribution < -0.4 is 0 Å². The summed E-state index contributed by atoms with van der Waals surface area (Å²) in [6.07, 6.45) is 16.6. The monoisotopic (exact) mass is 237 g/mol. The van der Waals surface area contributed by atoms with Crippen LogP contribution in [-0.4, -0.2) is 24.9 Å². The Labute approximate surface area is 106 Å². The van der Waals surface area contributed by atoms with E-state index < -0.39 is 0 Å². The molecule has 0 atom stereocenters. The van der Waals surface area contributed by atoms with Crippen LogP contribution in [0, 0.1) is 0 Å². The highest BCUT2D eigenvalue weighted by molar-refractivity contribution is 5.87. The highest BCUT2D eigenvalue weighted by atomic mass is 16.2. The van der Waals surface area contributed by atoms with E-state index in [1.54, 1.807) is 25.1 Å². The molecule has 98 valence electrons. The average Bonchev–Trinajstić information content (AvgIpc) is 2.31. The maximum Gasteiger partial charge on any atom is 0.246 e. The van der Waals surface area contributed by atoms with Crippen LogP contribution in [0.15, 0.2) is 24.3 Å². The van der Waals surface area contributed by atoms with Crippen LogP contribution in [0.1, 0.15) is 51.9 Å². The van der Waals surface area contributed by atoms with Crippen LogP contribution in [0.2, 0.25) is 0 Å². The molecule has 17 heavy (non-hydrogen) atoms. The van der Waals surface area contributed by atoms with Gasteiger partial charge in [0, 0.05) is 20.2 Å². The van der Waals surface area contributed by atoms with E-state index >= 15 is 0 Å². The van der Waals surface area contributed by atoms with Gasteiger partial charge < -0.3 is 4.90 Å². The van der Waals surface area contributed by atoms with Crippen LogP contribution >= 0.6 is 0 Å². The summed E-state index contributed by atoms with van der Waals surface area (Å²) in [7, 11) is 3.51. The number of amides is 1. The quantitative estimate of drug-likeness (QED) is 0.338. The fourth-order valence-corrected chi connectivity index (χ4v) is 1.50. The van der Waals surface area contributed by atoms with Crippen molar-refractivity contribution in [2.24, 2.45) is 0 Å². The van der Waals surface area contributed by atoms with Crippen molar-refractivity contribution in [2.75, 3.05) is 14.1 Å². The summed E-state index contributed by atoms with van der Waals surface area (Å²) >= 11 is 0. The molecular formula is C15H27NO. The first-order chi connectivity index (χ1) is 8.18. The molecule has 0 radical (unpaired) electrons. The largest absolute Gasteiger partial charge is 0.345 e. The van der Waals surface area contributed by atoms with E-state index in [2.05, 4.69) is 13.0 Å². The molecule has 0 heterocycles. The number of hydrogen-bond donors (Lipinski definition) is 0. The summed E-state index contributed by atoms with van der Waals surface area (Å²) in [6, 6.07) is 0. The first kappa shape index (κ1) is 16.0. The van der Waals surface area contributed by atoms with Gasteiger partial charge >= 0.3 is 0 Å². The van der Waals surface area contributed by atoms with E-state index in [4.69, 9.17) is 0 Å². The SMILES string of the molecule is CCCCCCCCC=CC=CC(=O)N(C)C. The van der Waals surface area contributed by atoms with E-state index in [0.717, 1.165) is 6.42 Å². The van der Waals surface area contributed by atoms with Crippen LogP contribution in [0.3, 0.4) is 0 Å². The van der Waals surface area contributed by atoms with Crippen LogP contribution in [-0.2, 0) is 4.79 Å². The Morgan fingerprint density at radius 1 is 1.00 bits per heavy atom. The van der Waals surface area contributed by atoms with Crippen LogP contribution in [0.4, 0.5) is 0 Å². The minimum absolute atomic E-state index is 0.0363. The van der Waals surface area contributed by atoms with E-state index in [1.807, 2.05) is 12.2 Å². The van der Waals surface area contributed by atoms with Gasteiger partial charge in [0.15, 0.2) is 0 Å². The van der Waals surface area contributed by atoms with Crippen molar-refractivity contribution in [2.45, 2.75) is 51.9 Å². The van der Waals surface area contributed by atoms with E-state index in [-0.39, 0.29) is 5.91 Å². The number of carbonyl (C=O) groups excluding carboxylic acids is 1. The van der Waals surface area contributed by atoms with E-state index in [1.165, 1.54) is 38.5 Å². The molecule has 0 unspecified atom stereocenters. The van der Waals surface area contributed by atoms with E-state index in [0.29, 0.717) is 0 Å². The third kappa shape index (κ3) is 11.2. The minimum atomic E-state index is 0.0363. The fourth-order valence-electron chi connectivity index (χ4n) is 1.50. The molecule has 0 saturated heterocycles. The predicted molar refractivity (Wildman–Crippen MR) is 75.0 cm³/mol. The fraction of sp³-hybridized carbons (Fsp3) is 0.667. The molecule has 0 aliphatic heterocycles. The topological polar surface area (TPSA) is 20.3 Å². The number of likely N-dealkylation sites (N-methyl/N-ethyl adjacent to an activating group) is 1. The van der Waals surface area contributed by atoms with Gasteiger partial charge in [-0.3, -0.25) is 4.79 Å². The van der Waals surface area contributed by atoms with Crippen molar-refractivity contribution in [1.82, 2.24) is 4.90 Å². The second kappa shape index (κ2) is 11.4. The van der Waals surface area contributed by atoms with Crippen molar-refractivity contribution in [3.8, 4) is 0 Å². The lowest BCUT2D eigenvalue weighted by atomic mass is 10.1. The molecule has 0 N–H and O–H groups in total. The number of rotatable bonds is 9. The first-order valence-electron chi connectivity index (χ1n) is 6.73. The van der Waals surface area contributed by atoms with Gasteiger partial charge in [0.2, 0.25) is 5.91 Å². The summed E-state index contributed by atoms with van der Waals surface area (Å²) < 4.78 is 0. The molecule has 0 aromatic carbocycles. The molecule has 0 saturated carbocycles. The third-order valence-electron chi connectivity index (χ3n) is 2.65. The Bertz CT molecular complexity index is 241.